The Morgan fingerprint density at radius 3 is 2.54 bits per heavy atom. The zero-order valence-electron chi connectivity index (χ0n) is 16.0. The molecule has 0 aliphatic rings. The van der Waals surface area contributed by atoms with E-state index in [0.29, 0.717) is 0 Å². The second-order valence-electron chi connectivity index (χ2n) is 6.93. The summed E-state index contributed by atoms with van der Waals surface area (Å²) in [7, 11) is 5.24. The lowest BCUT2D eigenvalue weighted by atomic mass is 9.89. The average molecular weight is 335 g/mol. The Bertz CT molecular complexity index is 510. The number of hydrogen-bond donors (Lipinski definition) is 2. The van der Waals surface area contributed by atoms with Gasteiger partial charge in [0.2, 0.25) is 0 Å². The number of guanidine groups is 1. The van der Waals surface area contributed by atoms with Gasteiger partial charge in [-0.3, -0.25) is 4.99 Å². The van der Waals surface area contributed by atoms with Crippen LogP contribution in [0, 0.1) is 5.41 Å². The Kier molecular flexibility index (Phi) is 8.61. The van der Waals surface area contributed by atoms with Crippen LogP contribution in [-0.2, 0) is 11.2 Å². The summed E-state index contributed by atoms with van der Waals surface area (Å²) in [5.41, 5.74) is 1.37. The van der Waals surface area contributed by atoms with Gasteiger partial charge in [0, 0.05) is 27.2 Å². The van der Waals surface area contributed by atoms with Gasteiger partial charge in [0.1, 0.15) is 5.75 Å². The van der Waals surface area contributed by atoms with E-state index in [9.17, 15) is 0 Å². The van der Waals surface area contributed by atoms with Gasteiger partial charge in [0.15, 0.2) is 5.96 Å². The molecule has 0 fully saturated rings. The van der Waals surface area contributed by atoms with Gasteiger partial charge in [-0.25, -0.2) is 0 Å². The first-order valence-corrected chi connectivity index (χ1v) is 8.51. The summed E-state index contributed by atoms with van der Waals surface area (Å²) in [4.78, 5) is 4.27. The standard InChI is InChI=1S/C19H33N3O2/c1-19(2,3)17(24-6)14-22-18(20-4)21-12-8-10-15-9-7-11-16(13-15)23-5/h7,9,11,13,17H,8,10,12,14H2,1-6H3,(H2,20,21,22). The number of aryl methyl sites for hydroxylation is 1. The third kappa shape index (κ3) is 7.21. The van der Waals surface area contributed by atoms with Crippen molar-refractivity contribution in [2.75, 3.05) is 34.4 Å². The lowest BCUT2D eigenvalue weighted by Gasteiger charge is -2.30. The highest BCUT2D eigenvalue weighted by Crippen LogP contribution is 2.20. The minimum Gasteiger partial charge on any atom is -0.497 e. The van der Waals surface area contributed by atoms with Crippen LogP contribution in [0.25, 0.3) is 0 Å². The van der Waals surface area contributed by atoms with Crippen molar-refractivity contribution in [2.24, 2.45) is 10.4 Å². The molecule has 1 rings (SSSR count). The predicted molar refractivity (Wildman–Crippen MR) is 101 cm³/mol. The summed E-state index contributed by atoms with van der Waals surface area (Å²) in [5, 5.41) is 6.69. The quantitative estimate of drug-likeness (QED) is 0.436. The van der Waals surface area contributed by atoms with Gasteiger partial charge in [-0.05, 0) is 36.0 Å². The smallest absolute Gasteiger partial charge is 0.191 e. The molecule has 136 valence electrons. The summed E-state index contributed by atoms with van der Waals surface area (Å²) in [6.07, 6.45) is 2.16. The molecule has 0 radical (unpaired) electrons. The largest absolute Gasteiger partial charge is 0.497 e. The van der Waals surface area contributed by atoms with Crippen LogP contribution in [0.15, 0.2) is 29.3 Å². The van der Waals surface area contributed by atoms with Gasteiger partial charge in [-0.2, -0.15) is 0 Å². The molecular formula is C19H33N3O2. The number of nitrogens with zero attached hydrogens (tertiary/aromatic N) is 1. The molecule has 1 aromatic rings. The average Bonchev–Trinajstić information content (AvgIpc) is 2.56. The SMILES string of the molecule is CN=C(NCCCc1cccc(OC)c1)NCC(OC)C(C)(C)C. The van der Waals surface area contributed by atoms with Crippen molar-refractivity contribution in [1.29, 1.82) is 0 Å². The number of aliphatic imine (C=N–C) groups is 1. The molecule has 0 saturated carbocycles. The molecule has 0 amide bonds. The van der Waals surface area contributed by atoms with Crippen molar-refractivity contribution in [1.82, 2.24) is 10.6 Å². The monoisotopic (exact) mass is 335 g/mol. The second kappa shape index (κ2) is 10.2. The van der Waals surface area contributed by atoms with Crippen molar-refractivity contribution < 1.29 is 9.47 Å². The molecule has 24 heavy (non-hydrogen) atoms. The van der Waals surface area contributed by atoms with Crippen LogP contribution >= 0.6 is 0 Å². The van der Waals surface area contributed by atoms with E-state index in [1.807, 2.05) is 12.1 Å². The molecule has 0 spiro atoms. The molecule has 0 heterocycles. The zero-order chi connectivity index (χ0) is 18.0. The fraction of sp³-hybridized carbons (Fsp3) is 0.632. The van der Waals surface area contributed by atoms with Gasteiger partial charge in [0.05, 0.1) is 13.2 Å². The predicted octanol–water partition coefficient (Wildman–Crippen LogP) is 2.85. The topological polar surface area (TPSA) is 54.9 Å². The maximum absolute atomic E-state index is 5.56. The lowest BCUT2D eigenvalue weighted by molar-refractivity contribution is 0.0205. The van der Waals surface area contributed by atoms with E-state index in [2.05, 4.69) is 48.5 Å². The molecule has 1 atom stereocenters. The maximum Gasteiger partial charge on any atom is 0.191 e. The number of nitrogens with one attached hydrogen (secondary N) is 2. The first kappa shape index (κ1) is 20.3. The van der Waals surface area contributed by atoms with Crippen LogP contribution in [0.3, 0.4) is 0 Å². The van der Waals surface area contributed by atoms with Crippen LogP contribution in [0.4, 0.5) is 0 Å². The third-order valence-electron chi connectivity index (χ3n) is 4.00. The maximum atomic E-state index is 5.56. The van der Waals surface area contributed by atoms with Gasteiger partial charge in [0.25, 0.3) is 0 Å². The van der Waals surface area contributed by atoms with Crippen LogP contribution in [0.5, 0.6) is 5.75 Å². The van der Waals surface area contributed by atoms with Crippen molar-refractivity contribution in [2.45, 2.75) is 39.7 Å². The van der Waals surface area contributed by atoms with E-state index in [1.165, 1.54) is 5.56 Å². The van der Waals surface area contributed by atoms with Crippen LogP contribution in [-0.4, -0.2) is 46.4 Å². The van der Waals surface area contributed by atoms with Gasteiger partial charge in [-0.1, -0.05) is 32.9 Å². The summed E-state index contributed by atoms with van der Waals surface area (Å²) >= 11 is 0. The molecule has 0 aromatic heterocycles. The molecule has 1 aromatic carbocycles. The highest BCUT2D eigenvalue weighted by Gasteiger charge is 2.24. The molecule has 1 unspecified atom stereocenters. The normalized spacial score (nSPS) is 13.5. The van der Waals surface area contributed by atoms with E-state index in [0.717, 1.165) is 37.6 Å². The van der Waals surface area contributed by atoms with Gasteiger partial charge < -0.3 is 20.1 Å². The Balaban J connectivity index is 2.34. The van der Waals surface area contributed by atoms with Gasteiger partial charge in [-0.15, -0.1) is 0 Å². The molecule has 0 bridgehead atoms. The Morgan fingerprint density at radius 1 is 1.21 bits per heavy atom. The number of methoxy groups -OCH3 is 2. The molecule has 0 aliphatic carbocycles. The number of rotatable bonds is 8. The Labute approximate surface area is 146 Å². The third-order valence-corrected chi connectivity index (χ3v) is 4.00. The minimum absolute atomic E-state index is 0.0902. The lowest BCUT2D eigenvalue weighted by Crippen LogP contribution is -2.45. The van der Waals surface area contributed by atoms with E-state index < -0.39 is 0 Å². The summed E-state index contributed by atoms with van der Waals surface area (Å²) in [6.45, 7) is 8.12. The summed E-state index contributed by atoms with van der Waals surface area (Å²) in [6, 6.07) is 8.20. The minimum atomic E-state index is 0.0902. The summed E-state index contributed by atoms with van der Waals surface area (Å²) < 4.78 is 10.8. The number of benzene rings is 1. The zero-order valence-corrected chi connectivity index (χ0v) is 16.0. The fourth-order valence-electron chi connectivity index (χ4n) is 2.48. The molecule has 5 heteroatoms. The molecule has 5 nitrogen and oxygen atoms in total. The van der Waals surface area contributed by atoms with E-state index in [4.69, 9.17) is 9.47 Å². The number of hydrogen-bond acceptors (Lipinski definition) is 3. The fourth-order valence-corrected chi connectivity index (χ4v) is 2.48. The Morgan fingerprint density at radius 2 is 1.96 bits per heavy atom. The van der Waals surface area contributed by atoms with Crippen molar-refractivity contribution in [3.8, 4) is 5.75 Å². The van der Waals surface area contributed by atoms with Gasteiger partial charge >= 0.3 is 0 Å². The molecule has 0 aliphatic heterocycles. The highest BCUT2D eigenvalue weighted by molar-refractivity contribution is 5.79. The second-order valence-corrected chi connectivity index (χ2v) is 6.93. The first-order chi connectivity index (χ1) is 11.4. The summed E-state index contributed by atoms with van der Waals surface area (Å²) in [5.74, 6) is 1.72. The van der Waals surface area contributed by atoms with Crippen molar-refractivity contribution in [3.05, 3.63) is 29.8 Å². The number of ether oxygens (including phenoxy) is 2. The molecule has 0 saturated heterocycles. The van der Waals surface area contributed by atoms with Crippen LogP contribution in [0.2, 0.25) is 0 Å². The Hall–Kier alpha value is -1.75. The van der Waals surface area contributed by atoms with Crippen LogP contribution < -0.4 is 15.4 Å². The van der Waals surface area contributed by atoms with E-state index in [1.54, 1.807) is 21.3 Å². The van der Waals surface area contributed by atoms with Crippen molar-refractivity contribution >= 4 is 5.96 Å². The van der Waals surface area contributed by atoms with E-state index >= 15 is 0 Å². The molecular weight excluding hydrogens is 302 g/mol. The van der Waals surface area contributed by atoms with E-state index in [-0.39, 0.29) is 11.5 Å². The highest BCUT2D eigenvalue weighted by atomic mass is 16.5. The molecule has 2 N–H and O–H groups in total. The van der Waals surface area contributed by atoms with Crippen LogP contribution in [0.1, 0.15) is 32.8 Å². The van der Waals surface area contributed by atoms with Crippen molar-refractivity contribution in [3.63, 3.8) is 0 Å². The first-order valence-electron chi connectivity index (χ1n) is 8.51.